The Morgan fingerprint density at radius 1 is 1.26 bits per heavy atom. The van der Waals surface area contributed by atoms with E-state index in [1.165, 1.54) is 10.9 Å². The number of carboxylic acid groups (broad SMARTS) is 1. The van der Waals surface area contributed by atoms with Crippen molar-refractivity contribution < 1.29 is 14.7 Å². The number of H-pyrrole nitrogens is 1. The molecule has 0 unspecified atom stereocenters. The number of rotatable bonds is 4. The molecule has 2 heterocycles. The first-order chi connectivity index (χ1) is 11.1. The molecule has 1 aromatic carbocycles. The van der Waals surface area contributed by atoms with Gasteiger partial charge in [-0.3, -0.25) is 4.79 Å². The molecule has 1 fully saturated rings. The van der Waals surface area contributed by atoms with Gasteiger partial charge in [0.15, 0.2) is 0 Å². The molecule has 23 heavy (non-hydrogen) atoms. The molecule has 6 nitrogen and oxygen atoms in total. The van der Waals surface area contributed by atoms with Crippen molar-refractivity contribution >= 4 is 22.9 Å². The fourth-order valence-electron chi connectivity index (χ4n) is 3.21. The predicted octanol–water partition coefficient (Wildman–Crippen LogP) is 2.53. The van der Waals surface area contributed by atoms with E-state index in [-0.39, 0.29) is 19.0 Å². The molecule has 3 rings (SSSR count). The summed E-state index contributed by atoms with van der Waals surface area (Å²) in [5.74, 6) is -0.447. The second-order valence-corrected chi connectivity index (χ2v) is 5.93. The van der Waals surface area contributed by atoms with Crippen LogP contribution in [0.15, 0.2) is 30.5 Å². The third kappa shape index (κ3) is 3.47. The summed E-state index contributed by atoms with van der Waals surface area (Å²) in [7, 11) is 0. The molecule has 2 aromatic rings. The molecule has 0 bridgehead atoms. The molecule has 122 valence electrons. The minimum absolute atomic E-state index is 0.0441. The molecule has 2 amide bonds. The number of urea groups is 1. The van der Waals surface area contributed by atoms with Crippen LogP contribution < -0.4 is 5.32 Å². The number of amides is 2. The summed E-state index contributed by atoms with van der Waals surface area (Å²) in [5, 5.41) is 12.5. The van der Waals surface area contributed by atoms with E-state index in [1.54, 1.807) is 4.90 Å². The van der Waals surface area contributed by atoms with E-state index in [0.717, 1.165) is 18.4 Å². The van der Waals surface area contributed by atoms with Gasteiger partial charge in [0.1, 0.15) is 0 Å². The Balaban J connectivity index is 1.56. The molecular formula is C17H21N3O3. The molecule has 0 aliphatic carbocycles. The van der Waals surface area contributed by atoms with Gasteiger partial charge in [-0.1, -0.05) is 18.2 Å². The van der Waals surface area contributed by atoms with Crippen LogP contribution in [0.3, 0.4) is 0 Å². The number of fused-ring (bicyclic) bond motifs is 1. The Labute approximate surface area is 134 Å². The first-order valence-corrected chi connectivity index (χ1v) is 7.95. The van der Waals surface area contributed by atoms with Gasteiger partial charge in [0, 0.05) is 36.7 Å². The molecule has 0 radical (unpaired) electrons. The summed E-state index contributed by atoms with van der Waals surface area (Å²) in [6.07, 6.45) is 3.89. The van der Waals surface area contributed by atoms with E-state index in [0.29, 0.717) is 19.0 Å². The van der Waals surface area contributed by atoms with E-state index in [4.69, 9.17) is 5.11 Å². The Morgan fingerprint density at radius 2 is 2.00 bits per heavy atom. The number of aliphatic carboxylic acids is 1. The molecule has 0 atom stereocenters. The van der Waals surface area contributed by atoms with Crippen LogP contribution in [-0.4, -0.2) is 46.6 Å². The number of hydrogen-bond donors (Lipinski definition) is 3. The van der Waals surface area contributed by atoms with Crippen molar-refractivity contribution in [3.63, 3.8) is 0 Å². The van der Waals surface area contributed by atoms with E-state index in [2.05, 4.69) is 28.6 Å². The van der Waals surface area contributed by atoms with Crippen LogP contribution in [0, 0.1) is 0 Å². The van der Waals surface area contributed by atoms with Gasteiger partial charge in [0.05, 0.1) is 6.42 Å². The van der Waals surface area contributed by atoms with Gasteiger partial charge in [-0.05, 0) is 30.4 Å². The largest absolute Gasteiger partial charge is 0.481 e. The van der Waals surface area contributed by atoms with E-state index >= 15 is 0 Å². The number of hydrogen-bond acceptors (Lipinski definition) is 2. The van der Waals surface area contributed by atoms with Crippen LogP contribution in [0.25, 0.3) is 10.9 Å². The van der Waals surface area contributed by atoms with Crippen LogP contribution in [0.1, 0.15) is 30.7 Å². The number of piperidine rings is 1. The second-order valence-electron chi connectivity index (χ2n) is 5.93. The smallest absolute Gasteiger partial charge is 0.317 e. The third-order valence-corrected chi connectivity index (χ3v) is 4.46. The lowest BCUT2D eigenvalue weighted by Gasteiger charge is -2.32. The first-order valence-electron chi connectivity index (χ1n) is 7.95. The van der Waals surface area contributed by atoms with Crippen molar-refractivity contribution in [2.24, 2.45) is 0 Å². The summed E-state index contributed by atoms with van der Waals surface area (Å²) in [4.78, 5) is 27.6. The minimum atomic E-state index is -0.900. The summed E-state index contributed by atoms with van der Waals surface area (Å²) in [6, 6.07) is 8.11. The molecule has 1 aromatic heterocycles. The van der Waals surface area contributed by atoms with Crippen LogP contribution in [0.2, 0.25) is 0 Å². The second kappa shape index (κ2) is 6.73. The van der Waals surface area contributed by atoms with Crippen molar-refractivity contribution in [3.05, 3.63) is 36.0 Å². The predicted molar refractivity (Wildman–Crippen MR) is 87.5 cm³/mol. The molecular weight excluding hydrogens is 294 g/mol. The summed E-state index contributed by atoms with van der Waals surface area (Å²) >= 11 is 0. The van der Waals surface area contributed by atoms with Crippen LogP contribution in [0.5, 0.6) is 0 Å². The van der Waals surface area contributed by atoms with Crippen molar-refractivity contribution in [2.75, 3.05) is 19.6 Å². The summed E-state index contributed by atoms with van der Waals surface area (Å²) in [6.45, 7) is 1.57. The number of carbonyl (C=O) groups is 2. The lowest BCUT2D eigenvalue weighted by atomic mass is 9.89. The summed E-state index contributed by atoms with van der Waals surface area (Å²) < 4.78 is 0. The van der Waals surface area contributed by atoms with E-state index in [9.17, 15) is 9.59 Å². The molecule has 3 N–H and O–H groups in total. The quantitative estimate of drug-likeness (QED) is 0.810. The standard InChI is InChI=1S/C17H21N3O3/c21-16(22)5-8-18-17(23)20-9-6-12(7-10-20)14-11-19-15-4-2-1-3-13(14)15/h1-4,11-12,19H,5-10H2,(H,18,23)(H,21,22). The number of nitrogens with zero attached hydrogens (tertiary/aromatic N) is 1. The number of aromatic amines is 1. The normalized spacial score (nSPS) is 15.7. The van der Waals surface area contributed by atoms with Gasteiger partial charge in [-0.2, -0.15) is 0 Å². The molecule has 1 saturated heterocycles. The summed E-state index contributed by atoms with van der Waals surface area (Å²) in [5.41, 5.74) is 2.47. The zero-order chi connectivity index (χ0) is 16.2. The van der Waals surface area contributed by atoms with Gasteiger partial charge >= 0.3 is 12.0 Å². The van der Waals surface area contributed by atoms with Gasteiger partial charge in [0.25, 0.3) is 0 Å². The lowest BCUT2D eigenvalue weighted by molar-refractivity contribution is -0.136. The maximum Gasteiger partial charge on any atom is 0.317 e. The minimum Gasteiger partial charge on any atom is -0.481 e. The van der Waals surface area contributed by atoms with E-state index in [1.807, 2.05) is 12.1 Å². The molecule has 1 aliphatic rings. The highest BCUT2D eigenvalue weighted by atomic mass is 16.4. The van der Waals surface area contributed by atoms with Crippen molar-refractivity contribution in [1.29, 1.82) is 0 Å². The fourth-order valence-corrected chi connectivity index (χ4v) is 3.21. The number of nitrogens with one attached hydrogen (secondary N) is 2. The molecule has 1 aliphatic heterocycles. The van der Waals surface area contributed by atoms with Crippen LogP contribution in [0.4, 0.5) is 4.79 Å². The van der Waals surface area contributed by atoms with Gasteiger partial charge in [-0.25, -0.2) is 4.79 Å². The van der Waals surface area contributed by atoms with Gasteiger partial charge in [0.2, 0.25) is 0 Å². The van der Waals surface area contributed by atoms with Gasteiger partial charge < -0.3 is 20.3 Å². The highest BCUT2D eigenvalue weighted by molar-refractivity contribution is 5.83. The molecule has 0 saturated carbocycles. The number of likely N-dealkylation sites (tertiary alicyclic amines) is 1. The Kier molecular flexibility index (Phi) is 4.50. The monoisotopic (exact) mass is 315 g/mol. The van der Waals surface area contributed by atoms with Crippen molar-refractivity contribution in [3.8, 4) is 0 Å². The molecule has 0 spiro atoms. The molecule has 6 heteroatoms. The van der Waals surface area contributed by atoms with Crippen molar-refractivity contribution in [2.45, 2.75) is 25.2 Å². The Morgan fingerprint density at radius 3 is 2.74 bits per heavy atom. The number of aromatic nitrogens is 1. The average molecular weight is 315 g/mol. The van der Waals surface area contributed by atoms with Gasteiger partial charge in [-0.15, -0.1) is 0 Å². The number of carboxylic acids is 1. The SMILES string of the molecule is O=C(O)CCNC(=O)N1CCC(c2c[nH]c3ccccc23)CC1. The van der Waals surface area contributed by atoms with Crippen LogP contribution in [-0.2, 0) is 4.79 Å². The first kappa shape index (κ1) is 15.4. The zero-order valence-corrected chi connectivity index (χ0v) is 12.9. The number of benzene rings is 1. The zero-order valence-electron chi connectivity index (χ0n) is 12.9. The number of carbonyl (C=O) groups excluding carboxylic acids is 1. The average Bonchev–Trinajstić information content (AvgIpc) is 2.98. The topological polar surface area (TPSA) is 85.4 Å². The highest BCUT2D eigenvalue weighted by Gasteiger charge is 2.25. The maximum absolute atomic E-state index is 12.0. The number of para-hydroxylation sites is 1. The third-order valence-electron chi connectivity index (χ3n) is 4.46. The lowest BCUT2D eigenvalue weighted by Crippen LogP contribution is -2.44. The Hall–Kier alpha value is -2.50. The van der Waals surface area contributed by atoms with Crippen LogP contribution >= 0.6 is 0 Å². The Bertz CT molecular complexity index is 702. The highest BCUT2D eigenvalue weighted by Crippen LogP contribution is 2.32. The fraction of sp³-hybridized carbons (Fsp3) is 0.412. The maximum atomic E-state index is 12.0. The van der Waals surface area contributed by atoms with Crippen molar-refractivity contribution in [1.82, 2.24) is 15.2 Å². The van der Waals surface area contributed by atoms with E-state index < -0.39 is 5.97 Å².